The van der Waals surface area contributed by atoms with E-state index in [0.29, 0.717) is 11.5 Å². The molecule has 1 heterocycles. The normalized spacial score (nSPS) is 22.4. The minimum Gasteiger partial charge on any atom is -0.379 e. The number of rotatable bonds is 5. The Labute approximate surface area is 118 Å². The Bertz CT molecular complexity index is 498. The SMILES string of the molecule is COC1CCCC1Nc1c([N+](=O)[O-])c(C)nn1C(C)C. The van der Waals surface area contributed by atoms with Gasteiger partial charge in [0.2, 0.25) is 5.82 Å². The fourth-order valence-electron chi connectivity index (χ4n) is 2.81. The Balaban J connectivity index is 2.35. The van der Waals surface area contributed by atoms with Crippen LogP contribution in [0.25, 0.3) is 0 Å². The maximum atomic E-state index is 11.3. The molecule has 0 spiro atoms. The van der Waals surface area contributed by atoms with E-state index in [1.54, 1.807) is 18.7 Å². The lowest BCUT2D eigenvalue weighted by Gasteiger charge is -2.21. The number of aryl methyl sites for hydroxylation is 1. The standard InChI is InChI=1S/C13H22N4O3/c1-8(2)16-13(12(17(18)19)9(3)15-16)14-10-6-5-7-11(10)20-4/h8,10-11,14H,5-7H2,1-4H3. The Morgan fingerprint density at radius 3 is 2.75 bits per heavy atom. The zero-order valence-electron chi connectivity index (χ0n) is 12.4. The number of aromatic nitrogens is 2. The summed E-state index contributed by atoms with van der Waals surface area (Å²) in [5.74, 6) is 0.497. The third kappa shape index (κ3) is 2.63. The molecule has 2 unspecified atom stereocenters. The molecule has 20 heavy (non-hydrogen) atoms. The first-order valence-electron chi connectivity index (χ1n) is 6.98. The van der Waals surface area contributed by atoms with Crippen LogP contribution in [0.5, 0.6) is 0 Å². The van der Waals surface area contributed by atoms with Gasteiger partial charge in [-0.25, -0.2) is 4.68 Å². The van der Waals surface area contributed by atoms with Gasteiger partial charge in [0.25, 0.3) is 0 Å². The van der Waals surface area contributed by atoms with Crippen LogP contribution in [0.2, 0.25) is 0 Å². The molecule has 0 radical (unpaired) electrons. The highest BCUT2D eigenvalue weighted by Crippen LogP contribution is 2.34. The van der Waals surface area contributed by atoms with Crippen molar-refractivity contribution >= 4 is 11.5 Å². The van der Waals surface area contributed by atoms with Crippen LogP contribution in [0.1, 0.15) is 44.8 Å². The number of methoxy groups -OCH3 is 1. The van der Waals surface area contributed by atoms with Gasteiger partial charge in [0.1, 0.15) is 5.69 Å². The van der Waals surface area contributed by atoms with E-state index in [1.165, 1.54) is 0 Å². The third-order valence-electron chi connectivity index (χ3n) is 3.80. The van der Waals surface area contributed by atoms with E-state index in [1.807, 2.05) is 13.8 Å². The quantitative estimate of drug-likeness (QED) is 0.663. The minimum atomic E-state index is -0.361. The van der Waals surface area contributed by atoms with Gasteiger partial charge in [-0.1, -0.05) is 0 Å². The zero-order valence-corrected chi connectivity index (χ0v) is 12.4. The Kier molecular flexibility index (Phi) is 4.27. The van der Waals surface area contributed by atoms with Gasteiger partial charge in [-0.2, -0.15) is 5.10 Å². The van der Waals surface area contributed by atoms with E-state index in [0.717, 1.165) is 19.3 Å². The van der Waals surface area contributed by atoms with Gasteiger partial charge in [0, 0.05) is 13.2 Å². The molecular formula is C13H22N4O3. The number of nitrogens with one attached hydrogen (secondary N) is 1. The maximum absolute atomic E-state index is 11.3. The summed E-state index contributed by atoms with van der Waals surface area (Å²) in [7, 11) is 1.68. The third-order valence-corrected chi connectivity index (χ3v) is 3.80. The van der Waals surface area contributed by atoms with Crippen molar-refractivity contribution in [1.29, 1.82) is 0 Å². The summed E-state index contributed by atoms with van der Waals surface area (Å²) in [6, 6.07) is 0.166. The van der Waals surface area contributed by atoms with Crippen LogP contribution in [0, 0.1) is 17.0 Å². The highest BCUT2D eigenvalue weighted by molar-refractivity contribution is 5.60. The van der Waals surface area contributed by atoms with Crippen molar-refractivity contribution in [2.24, 2.45) is 0 Å². The number of hydrogen-bond donors (Lipinski definition) is 1. The summed E-state index contributed by atoms with van der Waals surface area (Å²) in [4.78, 5) is 10.9. The molecule has 1 aromatic heterocycles. The second kappa shape index (κ2) is 5.78. The maximum Gasteiger partial charge on any atom is 0.333 e. The molecule has 1 aromatic rings. The Morgan fingerprint density at radius 1 is 1.50 bits per heavy atom. The average Bonchev–Trinajstić information content (AvgIpc) is 2.94. The van der Waals surface area contributed by atoms with Crippen molar-refractivity contribution in [1.82, 2.24) is 9.78 Å². The molecule has 0 amide bonds. The summed E-state index contributed by atoms with van der Waals surface area (Å²) in [6.07, 6.45) is 3.11. The highest BCUT2D eigenvalue weighted by atomic mass is 16.6. The van der Waals surface area contributed by atoms with Crippen LogP contribution in [-0.2, 0) is 4.74 Å². The second-order valence-electron chi connectivity index (χ2n) is 5.53. The number of hydrogen-bond acceptors (Lipinski definition) is 5. The fraction of sp³-hybridized carbons (Fsp3) is 0.769. The number of ether oxygens (including phenoxy) is 1. The minimum absolute atomic E-state index is 0.0623. The lowest BCUT2D eigenvalue weighted by atomic mass is 10.2. The van der Waals surface area contributed by atoms with Gasteiger partial charge in [-0.05, 0) is 40.0 Å². The number of anilines is 1. The lowest BCUT2D eigenvalue weighted by Crippen LogP contribution is -2.31. The van der Waals surface area contributed by atoms with Crippen LogP contribution in [0.4, 0.5) is 11.5 Å². The van der Waals surface area contributed by atoms with E-state index in [4.69, 9.17) is 4.74 Å². The van der Waals surface area contributed by atoms with Crippen molar-refractivity contribution in [3.63, 3.8) is 0 Å². The van der Waals surface area contributed by atoms with E-state index in [2.05, 4.69) is 10.4 Å². The van der Waals surface area contributed by atoms with Crippen LogP contribution in [0.3, 0.4) is 0 Å². The molecule has 1 saturated carbocycles. The van der Waals surface area contributed by atoms with E-state index in [9.17, 15) is 10.1 Å². The molecule has 0 saturated heterocycles. The first-order valence-corrected chi connectivity index (χ1v) is 6.98. The number of nitro groups is 1. The van der Waals surface area contributed by atoms with Crippen molar-refractivity contribution in [3.8, 4) is 0 Å². The Hall–Kier alpha value is -1.63. The van der Waals surface area contributed by atoms with Crippen molar-refractivity contribution in [2.45, 2.75) is 58.2 Å². The van der Waals surface area contributed by atoms with Crippen LogP contribution >= 0.6 is 0 Å². The summed E-state index contributed by atoms with van der Waals surface area (Å²) in [5.41, 5.74) is 0.513. The molecule has 1 N–H and O–H groups in total. The van der Waals surface area contributed by atoms with Gasteiger partial charge in [0.15, 0.2) is 0 Å². The van der Waals surface area contributed by atoms with Crippen molar-refractivity contribution in [2.75, 3.05) is 12.4 Å². The van der Waals surface area contributed by atoms with Crippen molar-refractivity contribution < 1.29 is 9.66 Å². The molecule has 1 aliphatic carbocycles. The van der Waals surface area contributed by atoms with Gasteiger partial charge in [-0.15, -0.1) is 0 Å². The molecule has 0 bridgehead atoms. The predicted molar refractivity (Wildman–Crippen MR) is 76.1 cm³/mol. The van der Waals surface area contributed by atoms with Gasteiger partial charge in [-0.3, -0.25) is 10.1 Å². The molecule has 7 nitrogen and oxygen atoms in total. The van der Waals surface area contributed by atoms with Gasteiger partial charge >= 0.3 is 5.69 Å². The Morgan fingerprint density at radius 2 is 2.20 bits per heavy atom. The summed E-state index contributed by atoms with van der Waals surface area (Å²) in [6.45, 7) is 5.60. The molecular weight excluding hydrogens is 260 g/mol. The van der Waals surface area contributed by atoms with Gasteiger partial charge in [0.05, 0.1) is 17.1 Å². The molecule has 112 valence electrons. The smallest absolute Gasteiger partial charge is 0.333 e. The molecule has 1 aliphatic rings. The summed E-state index contributed by atoms with van der Waals surface area (Å²) >= 11 is 0. The second-order valence-corrected chi connectivity index (χ2v) is 5.53. The van der Waals surface area contributed by atoms with Gasteiger partial charge < -0.3 is 10.1 Å². The zero-order chi connectivity index (χ0) is 14.9. The van der Waals surface area contributed by atoms with Crippen molar-refractivity contribution in [3.05, 3.63) is 15.8 Å². The topological polar surface area (TPSA) is 82.2 Å². The molecule has 2 rings (SSSR count). The van der Waals surface area contributed by atoms with E-state index < -0.39 is 0 Å². The van der Waals surface area contributed by atoms with Crippen LogP contribution in [-0.4, -0.2) is 34.0 Å². The molecule has 0 aliphatic heterocycles. The van der Waals surface area contributed by atoms with Crippen LogP contribution in [0.15, 0.2) is 0 Å². The first kappa shape index (κ1) is 14.8. The first-order chi connectivity index (χ1) is 9.45. The van der Waals surface area contributed by atoms with E-state index in [-0.39, 0.29) is 28.8 Å². The fourth-order valence-corrected chi connectivity index (χ4v) is 2.81. The lowest BCUT2D eigenvalue weighted by molar-refractivity contribution is -0.384. The average molecular weight is 282 g/mol. The predicted octanol–water partition coefficient (Wildman–Crippen LogP) is 2.66. The molecule has 2 atom stereocenters. The largest absolute Gasteiger partial charge is 0.379 e. The monoisotopic (exact) mass is 282 g/mol. The molecule has 1 fully saturated rings. The highest BCUT2D eigenvalue weighted by Gasteiger charge is 2.33. The van der Waals surface area contributed by atoms with E-state index >= 15 is 0 Å². The summed E-state index contributed by atoms with van der Waals surface area (Å²) < 4.78 is 7.13. The number of nitrogens with zero attached hydrogens (tertiary/aromatic N) is 3. The summed E-state index contributed by atoms with van der Waals surface area (Å²) in [5, 5.41) is 18.9. The molecule has 0 aromatic carbocycles. The molecule has 7 heteroatoms. The van der Waals surface area contributed by atoms with Crippen LogP contribution < -0.4 is 5.32 Å².